The molecular weight excluding hydrogens is 451 g/mol. The molecule has 158 valence electrons. The van der Waals surface area contributed by atoms with E-state index in [9.17, 15) is 12.8 Å². The fourth-order valence-electron chi connectivity index (χ4n) is 3.90. The number of hydrogen-bond donors (Lipinski definition) is 0. The van der Waals surface area contributed by atoms with Crippen molar-refractivity contribution >= 4 is 44.1 Å². The zero-order valence-corrected chi connectivity index (χ0v) is 18.1. The van der Waals surface area contributed by atoms with Gasteiger partial charge in [0.1, 0.15) is 19.0 Å². The van der Waals surface area contributed by atoms with Crippen LogP contribution in [0.2, 0.25) is 5.02 Å². The molecule has 3 aliphatic heterocycles. The highest BCUT2D eigenvalue weighted by Gasteiger charge is 2.47. The average molecular weight is 469 g/mol. The molecule has 5 rings (SSSR count). The highest BCUT2D eigenvalue weighted by molar-refractivity contribution is 8.13. The van der Waals surface area contributed by atoms with Crippen LogP contribution in [0.1, 0.15) is 5.56 Å². The van der Waals surface area contributed by atoms with Crippen molar-refractivity contribution in [2.24, 2.45) is 4.99 Å². The summed E-state index contributed by atoms with van der Waals surface area (Å²) in [6.07, 6.45) is 0. The van der Waals surface area contributed by atoms with Crippen molar-refractivity contribution in [1.29, 1.82) is 0 Å². The van der Waals surface area contributed by atoms with Crippen LogP contribution in [0.3, 0.4) is 0 Å². The Bertz CT molecular complexity index is 1140. The predicted octanol–water partition coefficient (Wildman–Crippen LogP) is 3.53. The van der Waals surface area contributed by atoms with Gasteiger partial charge in [-0.15, -0.1) is 0 Å². The first kappa shape index (κ1) is 20.0. The van der Waals surface area contributed by atoms with E-state index in [1.165, 1.54) is 23.9 Å². The Morgan fingerprint density at radius 3 is 2.73 bits per heavy atom. The van der Waals surface area contributed by atoms with E-state index in [0.717, 1.165) is 16.4 Å². The van der Waals surface area contributed by atoms with Crippen LogP contribution in [0.15, 0.2) is 41.4 Å². The molecule has 0 saturated carbocycles. The molecule has 3 heterocycles. The fraction of sp³-hybridized carbons (Fsp3) is 0.350. The standard InChI is InChI=1S/C20H18ClFN2O4S2/c21-15-7-13(22)2-1-12(15)9-29-20-23-16-10-30(25,26)11-17(16)24(20)14-3-4-18-19(8-14)28-6-5-27-18/h1-4,7-8,16-17H,5-6,9-11H2/t16-,17-/m0/s1. The molecule has 30 heavy (non-hydrogen) atoms. The van der Waals surface area contributed by atoms with Crippen molar-refractivity contribution < 1.29 is 22.3 Å². The second-order valence-electron chi connectivity index (χ2n) is 7.35. The third kappa shape index (κ3) is 3.74. The number of amidine groups is 1. The minimum absolute atomic E-state index is 0.0417. The van der Waals surface area contributed by atoms with Gasteiger partial charge in [0.2, 0.25) is 0 Å². The molecule has 1 fully saturated rings. The molecule has 2 aromatic rings. The van der Waals surface area contributed by atoms with Crippen LogP contribution < -0.4 is 14.4 Å². The highest BCUT2D eigenvalue weighted by atomic mass is 35.5. The lowest BCUT2D eigenvalue weighted by Crippen LogP contribution is -2.39. The maximum Gasteiger partial charge on any atom is 0.164 e. The van der Waals surface area contributed by atoms with Crippen molar-refractivity contribution in [3.05, 3.63) is 52.8 Å². The SMILES string of the molecule is O=S1(=O)C[C@@H]2N=C(SCc3ccc(F)cc3Cl)N(c3ccc4c(c3)OCCO4)[C@H]2C1. The Balaban J connectivity index is 1.45. The molecule has 0 unspecified atom stereocenters. The predicted molar refractivity (Wildman–Crippen MR) is 116 cm³/mol. The van der Waals surface area contributed by atoms with Crippen LogP contribution in [0, 0.1) is 5.82 Å². The lowest BCUT2D eigenvalue weighted by molar-refractivity contribution is 0.171. The molecule has 0 N–H and O–H groups in total. The number of fused-ring (bicyclic) bond motifs is 2. The zero-order valence-electron chi connectivity index (χ0n) is 15.8. The molecule has 10 heteroatoms. The van der Waals surface area contributed by atoms with E-state index in [-0.39, 0.29) is 29.4 Å². The maximum atomic E-state index is 13.3. The minimum Gasteiger partial charge on any atom is -0.486 e. The van der Waals surface area contributed by atoms with Gasteiger partial charge in [-0.1, -0.05) is 29.4 Å². The number of thioether (sulfide) groups is 1. The number of hydrogen-bond acceptors (Lipinski definition) is 7. The second-order valence-corrected chi connectivity index (χ2v) is 10.8. The summed E-state index contributed by atoms with van der Waals surface area (Å²) in [5, 5.41) is 1.08. The minimum atomic E-state index is -3.14. The van der Waals surface area contributed by atoms with Crippen LogP contribution in [0.5, 0.6) is 11.5 Å². The third-order valence-electron chi connectivity index (χ3n) is 5.28. The molecule has 0 radical (unpaired) electrons. The maximum absolute atomic E-state index is 13.3. The topological polar surface area (TPSA) is 68.2 Å². The van der Waals surface area contributed by atoms with Gasteiger partial charge in [0.05, 0.1) is 23.6 Å². The van der Waals surface area contributed by atoms with Gasteiger partial charge in [-0.3, -0.25) is 4.99 Å². The zero-order chi connectivity index (χ0) is 20.9. The molecular formula is C20H18ClFN2O4S2. The van der Waals surface area contributed by atoms with Gasteiger partial charge in [-0.25, -0.2) is 12.8 Å². The first-order valence-corrected chi connectivity index (χ1v) is 12.6. The summed E-state index contributed by atoms with van der Waals surface area (Å²) in [6.45, 7) is 0.968. The largest absolute Gasteiger partial charge is 0.486 e. The van der Waals surface area contributed by atoms with Crippen LogP contribution in [-0.2, 0) is 15.6 Å². The molecule has 2 aromatic carbocycles. The third-order valence-corrected chi connectivity index (χ3v) is 8.35. The Hall–Kier alpha value is -1.97. The molecule has 0 aliphatic carbocycles. The molecule has 0 amide bonds. The number of sulfone groups is 1. The first-order chi connectivity index (χ1) is 14.4. The lowest BCUT2D eigenvalue weighted by Gasteiger charge is -2.28. The number of rotatable bonds is 3. The summed E-state index contributed by atoms with van der Waals surface area (Å²) in [5.74, 6) is 1.50. The van der Waals surface area contributed by atoms with E-state index in [0.29, 0.717) is 35.5 Å². The van der Waals surface area contributed by atoms with Crippen LogP contribution in [0.4, 0.5) is 10.1 Å². The van der Waals surface area contributed by atoms with Gasteiger partial charge < -0.3 is 14.4 Å². The van der Waals surface area contributed by atoms with E-state index < -0.39 is 9.84 Å². The summed E-state index contributed by atoms with van der Waals surface area (Å²) in [4.78, 5) is 6.68. The van der Waals surface area contributed by atoms with E-state index in [4.69, 9.17) is 26.1 Å². The van der Waals surface area contributed by atoms with Crippen molar-refractivity contribution in [3.63, 3.8) is 0 Å². The Morgan fingerprint density at radius 2 is 1.93 bits per heavy atom. The van der Waals surface area contributed by atoms with Crippen molar-refractivity contribution in [3.8, 4) is 11.5 Å². The van der Waals surface area contributed by atoms with Crippen LogP contribution in [-0.4, -0.2) is 50.4 Å². The molecule has 1 saturated heterocycles. The molecule has 2 atom stereocenters. The van der Waals surface area contributed by atoms with Gasteiger partial charge in [-0.2, -0.15) is 0 Å². The normalized spacial score (nSPS) is 23.9. The number of aliphatic imine (C=N–C) groups is 1. The lowest BCUT2D eigenvalue weighted by atomic mass is 10.1. The van der Waals surface area contributed by atoms with Crippen LogP contribution >= 0.6 is 23.4 Å². The van der Waals surface area contributed by atoms with E-state index in [2.05, 4.69) is 0 Å². The Labute approximate surface area is 182 Å². The molecule has 3 aliphatic rings. The number of benzene rings is 2. The summed E-state index contributed by atoms with van der Waals surface area (Å²) in [6, 6.07) is 9.33. The Morgan fingerprint density at radius 1 is 1.13 bits per heavy atom. The van der Waals surface area contributed by atoms with Gasteiger partial charge in [0.15, 0.2) is 26.5 Å². The number of nitrogens with zero attached hydrogens (tertiary/aromatic N) is 2. The summed E-state index contributed by atoms with van der Waals surface area (Å²) >= 11 is 7.62. The number of anilines is 1. The average Bonchev–Trinajstić information content (AvgIpc) is 3.18. The van der Waals surface area contributed by atoms with Crippen LogP contribution in [0.25, 0.3) is 0 Å². The van der Waals surface area contributed by atoms with E-state index >= 15 is 0 Å². The number of halogens is 2. The second kappa shape index (κ2) is 7.62. The summed E-state index contributed by atoms with van der Waals surface area (Å²) in [7, 11) is -3.14. The summed E-state index contributed by atoms with van der Waals surface area (Å²) in [5.41, 5.74) is 1.60. The van der Waals surface area contributed by atoms with Crippen molar-refractivity contribution in [1.82, 2.24) is 0 Å². The first-order valence-electron chi connectivity index (χ1n) is 9.43. The Kier molecular flexibility index (Phi) is 5.07. The van der Waals surface area contributed by atoms with E-state index in [1.807, 2.05) is 23.1 Å². The van der Waals surface area contributed by atoms with E-state index in [1.54, 1.807) is 6.07 Å². The van der Waals surface area contributed by atoms with Gasteiger partial charge in [-0.05, 0) is 29.8 Å². The number of ether oxygens (including phenoxy) is 2. The van der Waals surface area contributed by atoms with Gasteiger partial charge in [0, 0.05) is 22.5 Å². The van der Waals surface area contributed by atoms with Gasteiger partial charge >= 0.3 is 0 Å². The smallest absolute Gasteiger partial charge is 0.164 e. The monoisotopic (exact) mass is 468 g/mol. The quantitative estimate of drug-likeness (QED) is 0.686. The summed E-state index contributed by atoms with van der Waals surface area (Å²) < 4.78 is 49.1. The molecule has 6 nitrogen and oxygen atoms in total. The molecule has 0 bridgehead atoms. The molecule has 0 spiro atoms. The van der Waals surface area contributed by atoms with Crippen molar-refractivity contribution in [2.75, 3.05) is 29.6 Å². The highest BCUT2D eigenvalue weighted by Crippen LogP contribution is 2.40. The van der Waals surface area contributed by atoms with Gasteiger partial charge in [0.25, 0.3) is 0 Å². The molecule has 0 aromatic heterocycles. The van der Waals surface area contributed by atoms with Crippen molar-refractivity contribution in [2.45, 2.75) is 17.8 Å². The fourth-order valence-corrected chi connectivity index (χ4v) is 7.18.